The minimum atomic E-state index is -0.178. The number of carbonyl (C=O) groups excluding carboxylic acids is 2. The predicted octanol–water partition coefficient (Wildman–Crippen LogP) is 1.85. The van der Waals surface area contributed by atoms with Gasteiger partial charge < -0.3 is 11.1 Å². The van der Waals surface area contributed by atoms with Crippen molar-refractivity contribution in [1.82, 2.24) is 10.2 Å². The van der Waals surface area contributed by atoms with Crippen LogP contribution in [0.25, 0.3) is 0 Å². The third-order valence-electron chi connectivity index (χ3n) is 3.11. The molecule has 5 nitrogen and oxygen atoms in total. The van der Waals surface area contributed by atoms with Crippen molar-refractivity contribution in [2.45, 2.75) is 26.8 Å². The molecule has 1 amide bonds. The van der Waals surface area contributed by atoms with Crippen molar-refractivity contribution in [3.8, 4) is 0 Å². The van der Waals surface area contributed by atoms with E-state index >= 15 is 0 Å². The molecule has 0 atom stereocenters. The first kappa shape index (κ1) is 17.6. The van der Waals surface area contributed by atoms with Gasteiger partial charge in [-0.15, -0.1) is 0 Å². The second-order valence-electron chi connectivity index (χ2n) is 5.09. The zero-order valence-corrected chi connectivity index (χ0v) is 13.2. The molecule has 0 fully saturated rings. The third kappa shape index (κ3) is 5.12. The Labute approximate surface area is 130 Å². The Balaban J connectivity index is 2.82. The quantitative estimate of drug-likeness (QED) is 0.388. The highest BCUT2D eigenvalue weighted by Gasteiger charge is 2.16. The van der Waals surface area contributed by atoms with Gasteiger partial charge in [0, 0.05) is 36.7 Å². The van der Waals surface area contributed by atoms with Crippen LogP contribution < -0.4 is 15.9 Å². The van der Waals surface area contributed by atoms with Crippen molar-refractivity contribution in [2.24, 2.45) is 11.7 Å². The SMILES string of the molecule is CC(C)C(=O)c1ccc(C(=O)NCCCNCl)cc1CN. The van der Waals surface area contributed by atoms with Crippen molar-refractivity contribution in [3.63, 3.8) is 0 Å². The molecule has 0 aliphatic heterocycles. The molecule has 0 bridgehead atoms. The van der Waals surface area contributed by atoms with Crippen LogP contribution in [0.4, 0.5) is 0 Å². The van der Waals surface area contributed by atoms with Crippen LogP contribution in [0.15, 0.2) is 18.2 Å². The molecule has 4 N–H and O–H groups in total. The number of carbonyl (C=O) groups is 2. The lowest BCUT2D eigenvalue weighted by Gasteiger charge is -2.11. The summed E-state index contributed by atoms with van der Waals surface area (Å²) in [6.45, 7) is 5.06. The fourth-order valence-corrected chi connectivity index (χ4v) is 2.05. The second-order valence-corrected chi connectivity index (χ2v) is 5.36. The number of ketones is 1. The molecule has 116 valence electrons. The van der Waals surface area contributed by atoms with Gasteiger partial charge in [-0.1, -0.05) is 19.9 Å². The van der Waals surface area contributed by atoms with Gasteiger partial charge in [-0.3, -0.25) is 9.59 Å². The molecule has 0 aliphatic carbocycles. The van der Waals surface area contributed by atoms with Gasteiger partial charge in [-0.05, 0) is 35.9 Å². The van der Waals surface area contributed by atoms with Gasteiger partial charge in [0.1, 0.15) is 0 Å². The van der Waals surface area contributed by atoms with E-state index in [0.29, 0.717) is 29.8 Å². The molecule has 21 heavy (non-hydrogen) atoms. The molecule has 6 heteroatoms. The molecule has 1 rings (SSSR count). The zero-order valence-electron chi connectivity index (χ0n) is 12.4. The smallest absolute Gasteiger partial charge is 0.251 e. The van der Waals surface area contributed by atoms with E-state index in [1.165, 1.54) is 0 Å². The molecule has 0 aromatic heterocycles. The lowest BCUT2D eigenvalue weighted by Crippen LogP contribution is -2.26. The van der Waals surface area contributed by atoms with Crippen LogP contribution in [0.5, 0.6) is 0 Å². The van der Waals surface area contributed by atoms with Gasteiger partial charge >= 0.3 is 0 Å². The lowest BCUT2D eigenvalue weighted by molar-refractivity contribution is 0.0932. The fraction of sp³-hybridized carbons (Fsp3) is 0.467. The number of hydrogen-bond donors (Lipinski definition) is 3. The van der Waals surface area contributed by atoms with Crippen LogP contribution in [0, 0.1) is 5.92 Å². The molecule has 0 unspecified atom stereocenters. The number of nitrogens with two attached hydrogens (primary N) is 1. The van der Waals surface area contributed by atoms with Gasteiger partial charge in [0.15, 0.2) is 5.78 Å². The lowest BCUT2D eigenvalue weighted by atomic mass is 9.94. The number of rotatable bonds is 8. The maximum Gasteiger partial charge on any atom is 0.251 e. The van der Waals surface area contributed by atoms with E-state index in [1.807, 2.05) is 13.8 Å². The largest absolute Gasteiger partial charge is 0.352 e. The second kappa shape index (κ2) is 8.77. The number of halogens is 1. The first-order valence-electron chi connectivity index (χ1n) is 7.00. The maximum atomic E-state index is 12.1. The van der Waals surface area contributed by atoms with Crippen molar-refractivity contribution in [2.75, 3.05) is 13.1 Å². The minimum Gasteiger partial charge on any atom is -0.352 e. The average molecular weight is 312 g/mol. The molecule has 0 radical (unpaired) electrons. The molecule has 1 aromatic rings. The van der Waals surface area contributed by atoms with Gasteiger partial charge in [0.05, 0.1) is 0 Å². The number of nitrogens with one attached hydrogen (secondary N) is 2. The van der Waals surface area contributed by atoms with E-state index in [-0.39, 0.29) is 24.2 Å². The van der Waals surface area contributed by atoms with Crippen LogP contribution in [0.3, 0.4) is 0 Å². The van der Waals surface area contributed by atoms with Crippen molar-refractivity contribution >= 4 is 23.5 Å². The molecular weight excluding hydrogens is 290 g/mol. The van der Waals surface area contributed by atoms with Gasteiger partial charge in [-0.2, -0.15) is 0 Å². The summed E-state index contributed by atoms with van der Waals surface area (Å²) in [5.74, 6) is -0.239. The van der Waals surface area contributed by atoms with Crippen molar-refractivity contribution < 1.29 is 9.59 Å². The highest BCUT2D eigenvalue weighted by Crippen LogP contribution is 2.16. The number of hydrogen-bond acceptors (Lipinski definition) is 4. The highest BCUT2D eigenvalue weighted by atomic mass is 35.5. The summed E-state index contributed by atoms with van der Waals surface area (Å²) in [6.07, 6.45) is 0.739. The Morgan fingerprint density at radius 1 is 1.29 bits per heavy atom. The summed E-state index contributed by atoms with van der Waals surface area (Å²) in [5, 5.41) is 2.79. The van der Waals surface area contributed by atoms with E-state index < -0.39 is 0 Å². The molecular formula is C15H22ClN3O2. The number of benzene rings is 1. The summed E-state index contributed by atoms with van der Waals surface area (Å²) in [5.41, 5.74) is 7.49. The third-order valence-corrected chi connectivity index (χ3v) is 3.30. The van der Waals surface area contributed by atoms with E-state index in [9.17, 15) is 9.59 Å². The Morgan fingerprint density at radius 3 is 2.57 bits per heavy atom. The van der Waals surface area contributed by atoms with Gasteiger partial charge in [0.25, 0.3) is 5.91 Å². The van der Waals surface area contributed by atoms with Crippen molar-refractivity contribution in [1.29, 1.82) is 0 Å². The number of Topliss-reactive ketones (excluding diaryl/α,β-unsaturated/α-hetero) is 1. The molecule has 0 heterocycles. The summed E-state index contributed by atoms with van der Waals surface area (Å²) in [4.78, 5) is 26.6. The average Bonchev–Trinajstić information content (AvgIpc) is 2.49. The first-order chi connectivity index (χ1) is 10.0. The van der Waals surface area contributed by atoms with Crippen LogP contribution in [0.2, 0.25) is 0 Å². The summed E-state index contributed by atoms with van der Waals surface area (Å²) >= 11 is 5.34. The fourth-order valence-electron chi connectivity index (χ4n) is 1.91. The predicted molar refractivity (Wildman–Crippen MR) is 84.3 cm³/mol. The van der Waals surface area contributed by atoms with Crippen LogP contribution in [-0.2, 0) is 6.54 Å². The minimum absolute atomic E-state index is 0.0376. The van der Waals surface area contributed by atoms with E-state index in [1.54, 1.807) is 18.2 Å². The summed E-state index contributed by atoms with van der Waals surface area (Å²) < 4.78 is 0. The van der Waals surface area contributed by atoms with E-state index in [4.69, 9.17) is 17.5 Å². The highest BCUT2D eigenvalue weighted by molar-refractivity contribution is 6.13. The van der Waals surface area contributed by atoms with Crippen LogP contribution in [0.1, 0.15) is 46.5 Å². The monoisotopic (exact) mass is 311 g/mol. The molecule has 0 spiro atoms. The first-order valence-corrected chi connectivity index (χ1v) is 7.38. The molecule has 0 aliphatic rings. The van der Waals surface area contributed by atoms with Crippen LogP contribution >= 0.6 is 11.8 Å². The Hall–Kier alpha value is -1.43. The Kier molecular flexibility index (Phi) is 7.36. The Bertz CT molecular complexity index is 504. The summed E-state index contributed by atoms with van der Waals surface area (Å²) in [7, 11) is 0. The molecule has 0 saturated carbocycles. The van der Waals surface area contributed by atoms with Gasteiger partial charge in [-0.25, -0.2) is 4.84 Å². The molecule has 1 aromatic carbocycles. The topological polar surface area (TPSA) is 84.2 Å². The normalized spacial score (nSPS) is 10.7. The van der Waals surface area contributed by atoms with E-state index in [0.717, 1.165) is 6.42 Å². The van der Waals surface area contributed by atoms with Crippen molar-refractivity contribution in [3.05, 3.63) is 34.9 Å². The molecule has 0 saturated heterocycles. The van der Waals surface area contributed by atoms with Crippen LogP contribution in [-0.4, -0.2) is 24.8 Å². The summed E-state index contributed by atoms with van der Waals surface area (Å²) in [6, 6.07) is 5.02. The maximum absolute atomic E-state index is 12.1. The number of amides is 1. The standard InChI is InChI=1S/C15H22ClN3O2/c1-10(2)14(20)13-5-4-11(8-12(13)9-17)15(21)18-6-3-7-19-16/h4-5,8,10,19H,3,6-7,9,17H2,1-2H3,(H,18,21). The zero-order chi connectivity index (χ0) is 15.8. The van der Waals surface area contributed by atoms with Gasteiger partial charge in [0.2, 0.25) is 0 Å². The van der Waals surface area contributed by atoms with E-state index in [2.05, 4.69) is 10.2 Å². The Morgan fingerprint density at radius 2 is 2.00 bits per heavy atom.